The van der Waals surface area contributed by atoms with E-state index in [0.29, 0.717) is 6.42 Å². The number of nitrogens with one attached hydrogen (secondary N) is 1. The molecule has 14 nitrogen and oxygen atoms in total. The lowest BCUT2D eigenvalue weighted by Gasteiger charge is -2.46. The van der Waals surface area contributed by atoms with E-state index in [1.807, 2.05) is 6.08 Å². The van der Waals surface area contributed by atoms with Crippen molar-refractivity contribution in [3.8, 4) is 0 Å². The minimum Gasteiger partial charge on any atom is -0.394 e. The summed E-state index contributed by atoms with van der Waals surface area (Å²) in [7, 11) is 0. The van der Waals surface area contributed by atoms with Crippen LogP contribution in [-0.2, 0) is 23.7 Å². The van der Waals surface area contributed by atoms with E-state index in [9.17, 15) is 45.6 Å². The largest absolute Gasteiger partial charge is 0.394 e. The predicted octanol–water partition coefficient (Wildman–Crippen LogP) is 13.9. The van der Waals surface area contributed by atoms with E-state index in [1.165, 1.54) is 89.9 Å². The predicted molar refractivity (Wildman–Crippen MR) is 359 cm³/mol. The van der Waals surface area contributed by atoms with Gasteiger partial charge in [-0.15, -0.1) is 0 Å². The van der Waals surface area contributed by atoms with Crippen molar-refractivity contribution in [2.75, 3.05) is 19.8 Å². The van der Waals surface area contributed by atoms with Crippen molar-refractivity contribution in [2.24, 2.45) is 0 Å². The molecule has 2 aliphatic heterocycles. The third-order valence-electron chi connectivity index (χ3n) is 15.8. The normalized spacial score (nSPS) is 24.0. The first kappa shape index (κ1) is 80.2. The number of unbranched alkanes of at least 4 members (excludes halogenated alkanes) is 21. The van der Waals surface area contributed by atoms with Crippen LogP contribution in [0.1, 0.15) is 232 Å². The number of amides is 1. The van der Waals surface area contributed by atoms with Crippen molar-refractivity contribution in [3.63, 3.8) is 0 Å². The summed E-state index contributed by atoms with van der Waals surface area (Å²) < 4.78 is 22.8. The summed E-state index contributed by atoms with van der Waals surface area (Å²) in [5.74, 6) is -0.253. The molecule has 0 saturated carbocycles. The Balaban J connectivity index is 1.64. The second kappa shape index (κ2) is 57.1. The lowest BCUT2D eigenvalue weighted by Crippen LogP contribution is -2.65. The summed E-state index contributed by atoms with van der Waals surface area (Å²) in [4.78, 5) is 13.3. The Morgan fingerprint density at radius 3 is 1.20 bits per heavy atom. The van der Waals surface area contributed by atoms with Crippen molar-refractivity contribution in [1.82, 2.24) is 5.32 Å². The Labute approximate surface area is 532 Å². The summed E-state index contributed by atoms with van der Waals surface area (Å²) in [6.45, 7) is 2.67. The molecule has 0 aromatic heterocycles. The fraction of sp³-hybridized carbons (Fsp3) is 0.689. The van der Waals surface area contributed by atoms with Crippen LogP contribution >= 0.6 is 0 Å². The molecular formula is C74H123NO13. The number of hydrogen-bond acceptors (Lipinski definition) is 13. The lowest BCUT2D eigenvalue weighted by molar-refractivity contribution is -0.359. The van der Waals surface area contributed by atoms with Crippen LogP contribution in [0.15, 0.2) is 134 Å². The molecule has 12 atom stereocenters. The quantitative estimate of drug-likeness (QED) is 0.0204. The molecule has 2 fully saturated rings. The van der Waals surface area contributed by atoms with Gasteiger partial charge >= 0.3 is 0 Å². The molecule has 88 heavy (non-hydrogen) atoms. The molecule has 1 amide bonds. The smallest absolute Gasteiger partial charge is 0.220 e. The van der Waals surface area contributed by atoms with Crippen LogP contribution in [0.4, 0.5) is 0 Å². The second-order valence-electron chi connectivity index (χ2n) is 23.6. The molecule has 2 heterocycles. The van der Waals surface area contributed by atoms with E-state index >= 15 is 0 Å². The number of allylic oxidation sites excluding steroid dienone is 21. The Bertz CT molecular complexity index is 1990. The third-order valence-corrected chi connectivity index (χ3v) is 15.8. The summed E-state index contributed by atoms with van der Waals surface area (Å²) in [5.41, 5.74) is 0. The van der Waals surface area contributed by atoms with Gasteiger partial charge in [-0.1, -0.05) is 263 Å². The standard InChI is InChI=1S/C74H123NO13/c1-3-5-7-9-11-13-15-17-19-20-21-22-23-24-25-26-27-28-29-30-31-32-33-34-35-36-37-38-39-40-41-42-44-46-48-50-52-54-56-58-66(79)75-62(63(78)57-55-53-51-49-47-45-43-18-16-14-12-10-8-6-4-2)61-85-73-71(84)69(82)72(65(60-77)87-73)88-74-70(83)68(81)67(80)64(59-76)86-74/h5,7,11,13,17,19,21-22,24-25,27-28,30-31,33-34,36-37,39-40,55,57,62-65,67-74,76-78,80-84H,3-4,6,8-10,12,14-16,18,20,23,26,29,32,35,38,41-54,56,58-61H2,1-2H3,(H,75,79)/b7-5-,13-11-,19-17-,22-21-,25-24-,28-27-,31-30-,34-33-,37-36-,40-39-,57-55+. The van der Waals surface area contributed by atoms with Crippen LogP contribution in [0.5, 0.6) is 0 Å². The fourth-order valence-electron chi connectivity index (χ4n) is 10.4. The first-order chi connectivity index (χ1) is 43.1. The Morgan fingerprint density at radius 1 is 0.420 bits per heavy atom. The molecule has 0 aromatic carbocycles. The molecule has 2 rings (SSSR count). The zero-order valence-electron chi connectivity index (χ0n) is 54.4. The number of ether oxygens (including phenoxy) is 4. The first-order valence-corrected chi connectivity index (χ1v) is 34.4. The molecule has 0 aliphatic carbocycles. The van der Waals surface area contributed by atoms with Crippen LogP contribution < -0.4 is 5.32 Å². The van der Waals surface area contributed by atoms with Crippen molar-refractivity contribution in [3.05, 3.63) is 134 Å². The van der Waals surface area contributed by atoms with Gasteiger partial charge in [0.05, 0.1) is 32.0 Å². The van der Waals surface area contributed by atoms with Crippen molar-refractivity contribution in [1.29, 1.82) is 0 Å². The van der Waals surface area contributed by atoms with Crippen LogP contribution in [0.3, 0.4) is 0 Å². The van der Waals surface area contributed by atoms with Gasteiger partial charge in [0.25, 0.3) is 0 Å². The van der Waals surface area contributed by atoms with Gasteiger partial charge in [-0.3, -0.25) is 4.79 Å². The van der Waals surface area contributed by atoms with E-state index in [1.54, 1.807) is 6.08 Å². The monoisotopic (exact) mass is 1230 g/mol. The van der Waals surface area contributed by atoms with Crippen molar-refractivity contribution >= 4 is 5.91 Å². The molecule has 9 N–H and O–H groups in total. The van der Waals surface area contributed by atoms with Crippen LogP contribution in [-0.4, -0.2) is 140 Å². The van der Waals surface area contributed by atoms with Gasteiger partial charge in [-0.05, 0) is 96.3 Å². The minimum atomic E-state index is -1.79. The second-order valence-corrected chi connectivity index (χ2v) is 23.6. The Hall–Kier alpha value is -3.87. The average molecular weight is 1230 g/mol. The molecule has 2 aliphatic rings. The Kier molecular flexibility index (Phi) is 52.0. The molecule has 2 saturated heterocycles. The summed E-state index contributed by atoms with van der Waals surface area (Å²) in [6, 6.07) is -0.928. The van der Waals surface area contributed by atoms with Gasteiger partial charge in [0.15, 0.2) is 12.6 Å². The highest BCUT2D eigenvalue weighted by Gasteiger charge is 2.51. The molecule has 0 bridgehead atoms. The average Bonchev–Trinajstić information content (AvgIpc) is 2.99. The zero-order chi connectivity index (χ0) is 63.8. The van der Waals surface area contributed by atoms with Crippen LogP contribution in [0.25, 0.3) is 0 Å². The van der Waals surface area contributed by atoms with Gasteiger partial charge in [-0.2, -0.15) is 0 Å². The number of carbonyl (C=O) groups excluding carboxylic acids is 1. The Morgan fingerprint density at radius 2 is 0.784 bits per heavy atom. The minimum absolute atomic E-state index is 0.253. The highest BCUT2D eigenvalue weighted by molar-refractivity contribution is 5.76. The topological polar surface area (TPSA) is 228 Å². The van der Waals surface area contributed by atoms with E-state index in [4.69, 9.17) is 18.9 Å². The lowest BCUT2D eigenvalue weighted by atomic mass is 9.97. The molecule has 14 heteroatoms. The van der Waals surface area contributed by atoms with Crippen molar-refractivity contribution in [2.45, 2.75) is 306 Å². The van der Waals surface area contributed by atoms with Gasteiger partial charge in [-0.25, -0.2) is 0 Å². The van der Waals surface area contributed by atoms with Gasteiger partial charge in [0.2, 0.25) is 5.91 Å². The molecular weight excluding hydrogens is 1110 g/mol. The number of rotatable bonds is 54. The first-order valence-electron chi connectivity index (χ1n) is 34.4. The maximum absolute atomic E-state index is 13.3. The van der Waals surface area contributed by atoms with Crippen molar-refractivity contribution < 1.29 is 64.6 Å². The maximum Gasteiger partial charge on any atom is 0.220 e. The molecule has 502 valence electrons. The SMILES string of the molecule is CC/C=C\C/C=C\C/C=C\C/C=C\C/C=C\C/C=C\C/C=C\C/C=C\C/C=C\C/C=C\CCCCCCCCCCC(=O)NC(COC1OC(CO)C(OC2OC(CO)C(O)C(O)C2O)C(O)C1O)C(O)/C=C/CCCCCCCCCCCCCCC. The summed E-state index contributed by atoms with van der Waals surface area (Å²) in [6.07, 6.45) is 67.8. The van der Waals surface area contributed by atoms with Gasteiger partial charge in [0, 0.05) is 6.42 Å². The summed E-state index contributed by atoms with van der Waals surface area (Å²) >= 11 is 0. The molecule has 0 aromatic rings. The van der Waals surface area contributed by atoms with Gasteiger partial charge < -0.3 is 65.1 Å². The third kappa shape index (κ3) is 40.8. The molecule has 12 unspecified atom stereocenters. The summed E-state index contributed by atoms with van der Waals surface area (Å²) in [5, 5.41) is 87.3. The van der Waals surface area contributed by atoms with Crippen LogP contribution in [0, 0.1) is 0 Å². The van der Waals surface area contributed by atoms with Gasteiger partial charge in [0.1, 0.15) is 48.8 Å². The fourth-order valence-corrected chi connectivity index (χ4v) is 10.4. The number of aliphatic hydroxyl groups excluding tert-OH is 8. The highest BCUT2D eigenvalue weighted by atomic mass is 16.7. The number of hydrogen-bond donors (Lipinski definition) is 9. The van der Waals surface area contributed by atoms with E-state index in [0.717, 1.165) is 116 Å². The van der Waals surface area contributed by atoms with E-state index in [2.05, 4.69) is 141 Å². The number of aliphatic hydroxyl groups is 8. The maximum atomic E-state index is 13.3. The van der Waals surface area contributed by atoms with E-state index < -0.39 is 86.8 Å². The number of carbonyl (C=O) groups is 1. The zero-order valence-corrected chi connectivity index (χ0v) is 54.4. The molecule has 0 radical (unpaired) electrons. The van der Waals surface area contributed by atoms with E-state index in [-0.39, 0.29) is 18.9 Å². The molecule has 0 spiro atoms. The highest BCUT2D eigenvalue weighted by Crippen LogP contribution is 2.30. The van der Waals surface area contributed by atoms with Crippen LogP contribution in [0.2, 0.25) is 0 Å².